The zero-order valence-electron chi connectivity index (χ0n) is 33.9. The maximum absolute atomic E-state index is 14.1. The molecule has 6 rings (SSSR count). The van der Waals surface area contributed by atoms with Gasteiger partial charge >= 0.3 is 25.1 Å². The predicted octanol–water partition coefficient (Wildman–Crippen LogP) is 16.2. The van der Waals surface area contributed by atoms with E-state index in [1.165, 1.54) is 18.2 Å². The highest BCUT2D eigenvalue weighted by atomic mass is 19.4. The molecule has 17 heteroatoms. The van der Waals surface area contributed by atoms with Gasteiger partial charge in [0.25, 0.3) is 0 Å². The van der Waals surface area contributed by atoms with Crippen molar-refractivity contribution in [3.05, 3.63) is 180 Å². The van der Waals surface area contributed by atoms with E-state index in [1.54, 1.807) is 60.7 Å². The molecule has 2 atom stereocenters. The molecular formula is C48H39F13O4. The largest absolute Gasteiger partial charge is 0.573 e. The van der Waals surface area contributed by atoms with Crippen molar-refractivity contribution < 1.29 is 76.0 Å². The fraction of sp³-hybridized carbons (Fsp3) is 0.250. The van der Waals surface area contributed by atoms with Gasteiger partial charge in [-0.25, -0.2) is 4.39 Å². The van der Waals surface area contributed by atoms with E-state index in [9.17, 15) is 57.1 Å². The van der Waals surface area contributed by atoms with E-state index >= 15 is 0 Å². The van der Waals surface area contributed by atoms with Crippen LogP contribution in [0.1, 0.15) is 59.8 Å². The average Bonchev–Trinajstić information content (AvgIpc) is 3.22. The minimum atomic E-state index is -4.93. The molecule has 0 spiro atoms. The predicted molar refractivity (Wildman–Crippen MR) is 216 cm³/mol. The number of alkyl halides is 12. The molecule has 0 aliphatic rings. The first kappa shape index (κ1) is 49.6. The monoisotopic (exact) mass is 926 g/mol. The summed E-state index contributed by atoms with van der Waals surface area (Å²) in [4.78, 5) is 0. The van der Waals surface area contributed by atoms with Gasteiger partial charge in [0.1, 0.15) is 28.7 Å². The topological polar surface area (TPSA) is 36.9 Å². The first-order chi connectivity index (χ1) is 30.6. The van der Waals surface area contributed by atoms with Crippen LogP contribution in [0.5, 0.6) is 34.5 Å². The SMILES string of the molecule is FC(F)(F)Oc1ccc(C(CCCc2cccc(Oc3ccccc3)c2)C(F)(F)F)cc1.Fc1ccc(CCCC(c2ccc(OC(F)(F)F)cc2)C(F)(F)F)cc1Oc1ccccc1. The van der Waals surface area contributed by atoms with Crippen LogP contribution in [0.3, 0.4) is 0 Å². The molecule has 65 heavy (non-hydrogen) atoms. The first-order valence-electron chi connectivity index (χ1n) is 19.8. The standard InChI is InChI=1S/C24H19F7O2.C24H20F6O2/c25-21-14-9-16(15-22(21)32-18-6-2-1-3-7-18)5-4-8-20(23(26,27)28)17-10-12-19(13-11-17)33-24(29,30)31;25-23(26,27)22(18-12-14-20(15-13-18)32-24(28,29)30)11-5-7-17-6-4-10-21(16-17)31-19-8-2-1-3-9-19/h1-3,6-7,9-15,20H,4-5,8H2;1-4,6,8-10,12-16,22H,5,7,11H2. The van der Waals surface area contributed by atoms with Gasteiger partial charge < -0.3 is 18.9 Å². The Kier molecular flexibility index (Phi) is 16.8. The molecule has 0 saturated carbocycles. The number of hydrogen-bond acceptors (Lipinski definition) is 4. The van der Waals surface area contributed by atoms with Crippen LogP contribution in [0.25, 0.3) is 0 Å². The number of hydrogen-bond donors (Lipinski definition) is 0. The molecule has 0 fully saturated rings. The third-order valence-electron chi connectivity index (χ3n) is 9.58. The summed E-state index contributed by atoms with van der Waals surface area (Å²) >= 11 is 0. The van der Waals surface area contributed by atoms with Crippen molar-refractivity contribution in [2.24, 2.45) is 0 Å². The minimum absolute atomic E-state index is 0.0358. The molecular weight excluding hydrogens is 887 g/mol. The highest BCUT2D eigenvalue weighted by Gasteiger charge is 2.41. The highest BCUT2D eigenvalue weighted by Crippen LogP contribution is 2.41. The summed E-state index contributed by atoms with van der Waals surface area (Å²) in [5.74, 6) is -3.78. The number of ether oxygens (including phenoxy) is 4. The third kappa shape index (κ3) is 16.9. The molecule has 0 bridgehead atoms. The molecule has 6 aromatic carbocycles. The summed E-state index contributed by atoms with van der Waals surface area (Å²) in [6.45, 7) is 0. The Morgan fingerprint density at radius 1 is 0.385 bits per heavy atom. The Hall–Kier alpha value is -6.39. The van der Waals surface area contributed by atoms with Crippen LogP contribution >= 0.6 is 0 Å². The maximum Gasteiger partial charge on any atom is 0.573 e. The molecule has 0 N–H and O–H groups in total. The lowest BCUT2D eigenvalue weighted by molar-refractivity contribution is -0.275. The van der Waals surface area contributed by atoms with E-state index in [0.29, 0.717) is 29.2 Å². The Morgan fingerprint density at radius 3 is 1.23 bits per heavy atom. The highest BCUT2D eigenvalue weighted by molar-refractivity contribution is 5.37. The van der Waals surface area contributed by atoms with Crippen molar-refractivity contribution in [3.63, 3.8) is 0 Å². The smallest absolute Gasteiger partial charge is 0.457 e. The summed E-state index contributed by atoms with van der Waals surface area (Å²) in [5, 5.41) is 0. The molecule has 0 radical (unpaired) electrons. The second-order valence-electron chi connectivity index (χ2n) is 14.4. The average molecular weight is 927 g/mol. The normalized spacial score (nSPS) is 12.9. The van der Waals surface area contributed by atoms with E-state index in [2.05, 4.69) is 9.47 Å². The van der Waals surface area contributed by atoms with Gasteiger partial charge in [-0.05, 0) is 134 Å². The number of benzene rings is 6. The van der Waals surface area contributed by atoms with Gasteiger partial charge in [0, 0.05) is 0 Å². The van der Waals surface area contributed by atoms with Crippen LogP contribution < -0.4 is 18.9 Å². The second-order valence-corrected chi connectivity index (χ2v) is 14.4. The van der Waals surface area contributed by atoms with Gasteiger partial charge in [-0.3, -0.25) is 0 Å². The van der Waals surface area contributed by atoms with Crippen molar-refractivity contribution in [2.45, 2.75) is 75.4 Å². The van der Waals surface area contributed by atoms with Crippen molar-refractivity contribution in [2.75, 3.05) is 0 Å². The van der Waals surface area contributed by atoms with Crippen LogP contribution in [0.4, 0.5) is 57.1 Å². The minimum Gasteiger partial charge on any atom is -0.457 e. The summed E-state index contributed by atoms with van der Waals surface area (Å²) in [6, 6.07) is 36.3. The van der Waals surface area contributed by atoms with Crippen LogP contribution in [-0.2, 0) is 12.8 Å². The lowest BCUT2D eigenvalue weighted by Crippen LogP contribution is -2.21. The number of rotatable bonds is 16. The molecule has 0 heterocycles. The molecule has 0 aromatic heterocycles. The number of aryl methyl sites for hydroxylation is 2. The number of para-hydroxylation sites is 2. The zero-order chi connectivity index (χ0) is 47.3. The fourth-order valence-corrected chi connectivity index (χ4v) is 6.65. The maximum atomic E-state index is 14.1. The Morgan fingerprint density at radius 2 is 0.800 bits per heavy atom. The molecule has 2 unspecified atom stereocenters. The Labute approximate surface area is 365 Å². The summed E-state index contributed by atoms with van der Waals surface area (Å²) in [7, 11) is 0. The van der Waals surface area contributed by atoms with Gasteiger partial charge in [0.05, 0.1) is 11.8 Å². The Balaban J connectivity index is 0.000000244. The van der Waals surface area contributed by atoms with Crippen molar-refractivity contribution in [3.8, 4) is 34.5 Å². The second kappa shape index (κ2) is 22.0. The van der Waals surface area contributed by atoms with Crippen LogP contribution in [0.15, 0.2) is 152 Å². The molecule has 4 nitrogen and oxygen atoms in total. The lowest BCUT2D eigenvalue weighted by atomic mass is 9.92. The number of halogens is 13. The molecule has 0 amide bonds. The third-order valence-corrected chi connectivity index (χ3v) is 9.58. The van der Waals surface area contributed by atoms with Crippen LogP contribution in [0.2, 0.25) is 0 Å². The quantitative estimate of drug-likeness (QED) is 0.0907. The van der Waals surface area contributed by atoms with Gasteiger partial charge in [0.15, 0.2) is 11.6 Å². The molecule has 346 valence electrons. The van der Waals surface area contributed by atoms with Gasteiger partial charge in [0.2, 0.25) is 0 Å². The Bertz CT molecular complexity index is 2350. The van der Waals surface area contributed by atoms with Gasteiger partial charge in [-0.2, -0.15) is 26.3 Å². The van der Waals surface area contributed by atoms with E-state index < -0.39 is 54.2 Å². The van der Waals surface area contributed by atoms with Crippen molar-refractivity contribution >= 4 is 0 Å². The van der Waals surface area contributed by atoms with E-state index in [-0.39, 0.29) is 49.0 Å². The van der Waals surface area contributed by atoms with E-state index in [4.69, 9.17) is 9.47 Å². The van der Waals surface area contributed by atoms with Crippen LogP contribution in [-0.4, -0.2) is 25.1 Å². The van der Waals surface area contributed by atoms with Gasteiger partial charge in [-0.1, -0.05) is 78.9 Å². The zero-order valence-corrected chi connectivity index (χ0v) is 33.9. The first-order valence-corrected chi connectivity index (χ1v) is 19.8. The summed E-state index contributed by atoms with van der Waals surface area (Å²) in [6.07, 6.45) is -18.5. The molecule has 0 aliphatic carbocycles. The molecule has 0 aliphatic heterocycles. The fourth-order valence-electron chi connectivity index (χ4n) is 6.65. The lowest BCUT2D eigenvalue weighted by Gasteiger charge is -2.21. The molecule has 6 aromatic rings. The van der Waals surface area contributed by atoms with E-state index in [0.717, 1.165) is 54.1 Å². The van der Waals surface area contributed by atoms with Crippen molar-refractivity contribution in [1.29, 1.82) is 0 Å². The van der Waals surface area contributed by atoms with Gasteiger partial charge in [-0.15, -0.1) is 26.3 Å². The summed E-state index contributed by atoms with van der Waals surface area (Å²) < 4.78 is 188. The summed E-state index contributed by atoms with van der Waals surface area (Å²) in [5.41, 5.74) is 1.16. The molecule has 0 saturated heterocycles. The van der Waals surface area contributed by atoms with Crippen molar-refractivity contribution in [1.82, 2.24) is 0 Å². The van der Waals surface area contributed by atoms with Crippen LogP contribution in [0, 0.1) is 5.82 Å². The van der Waals surface area contributed by atoms with E-state index in [1.807, 2.05) is 24.3 Å².